The van der Waals surface area contributed by atoms with Crippen LogP contribution in [0.5, 0.6) is 5.75 Å². The highest BCUT2D eigenvalue weighted by atomic mass is 19.4. The van der Waals surface area contributed by atoms with Crippen LogP contribution in [0.15, 0.2) is 42.7 Å². The first-order valence-electron chi connectivity index (χ1n) is 8.96. The minimum Gasteiger partial charge on any atom is -0.497 e. The van der Waals surface area contributed by atoms with Crippen molar-refractivity contribution in [3.05, 3.63) is 54.0 Å². The molecule has 3 heterocycles. The highest BCUT2D eigenvalue weighted by Crippen LogP contribution is 2.38. The van der Waals surface area contributed by atoms with Crippen molar-refractivity contribution in [1.29, 1.82) is 0 Å². The summed E-state index contributed by atoms with van der Waals surface area (Å²) >= 11 is 0. The van der Waals surface area contributed by atoms with E-state index in [1.807, 2.05) is 6.92 Å². The van der Waals surface area contributed by atoms with E-state index in [2.05, 4.69) is 15.2 Å². The van der Waals surface area contributed by atoms with Crippen LogP contribution in [0.3, 0.4) is 0 Å². The normalized spacial score (nSPS) is 11.9. The van der Waals surface area contributed by atoms with Gasteiger partial charge in [-0.2, -0.15) is 23.4 Å². The Morgan fingerprint density at radius 1 is 1.14 bits per heavy atom. The molecule has 0 aliphatic rings. The second-order valence-corrected chi connectivity index (χ2v) is 6.53. The predicted molar refractivity (Wildman–Crippen MR) is 102 cm³/mol. The number of pyridine rings is 1. The summed E-state index contributed by atoms with van der Waals surface area (Å²) < 4.78 is 49.8. The lowest BCUT2D eigenvalue weighted by molar-refractivity contribution is -0.136. The summed E-state index contributed by atoms with van der Waals surface area (Å²) in [5.74, 6) is 0.638. The van der Waals surface area contributed by atoms with Gasteiger partial charge in [-0.15, -0.1) is 0 Å². The maximum Gasteiger partial charge on any atom is 0.417 e. The second-order valence-electron chi connectivity index (χ2n) is 6.53. The molecule has 0 amide bonds. The largest absolute Gasteiger partial charge is 0.497 e. The van der Waals surface area contributed by atoms with E-state index in [1.54, 1.807) is 49.2 Å². The van der Waals surface area contributed by atoms with Crippen molar-refractivity contribution in [2.24, 2.45) is 0 Å². The van der Waals surface area contributed by atoms with Gasteiger partial charge in [0.1, 0.15) is 5.75 Å². The number of rotatable bonds is 4. The molecule has 3 aromatic heterocycles. The van der Waals surface area contributed by atoms with Crippen LogP contribution in [0.4, 0.5) is 13.2 Å². The molecule has 0 aliphatic carbocycles. The second kappa shape index (κ2) is 6.91. The first-order chi connectivity index (χ1) is 13.8. The molecule has 0 fully saturated rings. The highest BCUT2D eigenvalue weighted by Gasteiger charge is 2.36. The highest BCUT2D eigenvalue weighted by molar-refractivity contribution is 5.86. The van der Waals surface area contributed by atoms with Crippen LogP contribution in [0.1, 0.15) is 18.2 Å². The summed E-state index contributed by atoms with van der Waals surface area (Å²) in [4.78, 5) is 4.52. The van der Waals surface area contributed by atoms with Crippen LogP contribution in [-0.4, -0.2) is 31.7 Å². The lowest BCUT2D eigenvalue weighted by atomic mass is 10.1. The molecule has 4 aromatic rings. The van der Waals surface area contributed by atoms with Crippen LogP contribution in [0.25, 0.3) is 28.0 Å². The molecule has 1 aromatic carbocycles. The van der Waals surface area contributed by atoms with Gasteiger partial charge in [0.05, 0.1) is 41.3 Å². The molecule has 0 N–H and O–H groups in total. The van der Waals surface area contributed by atoms with Crippen molar-refractivity contribution in [3.8, 4) is 22.7 Å². The number of fused-ring (bicyclic) bond motifs is 1. The van der Waals surface area contributed by atoms with E-state index in [-0.39, 0.29) is 22.4 Å². The average molecular weight is 401 g/mol. The zero-order valence-corrected chi connectivity index (χ0v) is 16.0. The Labute approximate surface area is 164 Å². The van der Waals surface area contributed by atoms with Crippen molar-refractivity contribution in [2.75, 3.05) is 7.11 Å². The molecule has 6 nitrogen and oxygen atoms in total. The zero-order valence-electron chi connectivity index (χ0n) is 16.0. The van der Waals surface area contributed by atoms with E-state index in [0.29, 0.717) is 23.5 Å². The van der Waals surface area contributed by atoms with Gasteiger partial charge >= 0.3 is 6.18 Å². The van der Waals surface area contributed by atoms with E-state index in [1.165, 1.54) is 10.9 Å². The SMILES string of the molecule is CCn1cc(-c2cc(C(F)(F)F)c3c(C)nn(-c4ccc(OC)cc4)c3n2)cn1. The van der Waals surface area contributed by atoms with Crippen LogP contribution in [0.2, 0.25) is 0 Å². The van der Waals surface area contributed by atoms with Gasteiger partial charge in [0.15, 0.2) is 5.65 Å². The number of halogens is 3. The third kappa shape index (κ3) is 3.32. The Bertz CT molecular complexity index is 1180. The van der Waals surface area contributed by atoms with E-state index < -0.39 is 11.7 Å². The van der Waals surface area contributed by atoms with E-state index in [0.717, 1.165) is 6.07 Å². The van der Waals surface area contributed by atoms with E-state index >= 15 is 0 Å². The number of hydrogen-bond acceptors (Lipinski definition) is 4. The smallest absolute Gasteiger partial charge is 0.417 e. The minimum atomic E-state index is -4.55. The van der Waals surface area contributed by atoms with Crippen molar-refractivity contribution < 1.29 is 17.9 Å². The van der Waals surface area contributed by atoms with Gasteiger partial charge in [0.2, 0.25) is 0 Å². The van der Waals surface area contributed by atoms with Crippen molar-refractivity contribution in [2.45, 2.75) is 26.6 Å². The van der Waals surface area contributed by atoms with Gasteiger partial charge in [-0.3, -0.25) is 4.68 Å². The third-order valence-electron chi connectivity index (χ3n) is 4.69. The summed E-state index contributed by atoms with van der Waals surface area (Å²) in [6, 6.07) is 7.95. The third-order valence-corrected chi connectivity index (χ3v) is 4.69. The lowest BCUT2D eigenvalue weighted by Gasteiger charge is -2.11. The fraction of sp³-hybridized carbons (Fsp3) is 0.250. The molecular formula is C20H18F3N5O. The molecule has 0 saturated carbocycles. The molecule has 29 heavy (non-hydrogen) atoms. The number of hydrogen-bond donors (Lipinski definition) is 0. The number of methoxy groups -OCH3 is 1. The zero-order chi connectivity index (χ0) is 20.8. The van der Waals surface area contributed by atoms with Gasteiger partial charge in [-0.1, -0.05) is 0 Å². The van der Waals surface area contributed by atoms with Gasteiger partial charge in [0.25, 0.3) is 0 Å². The molecular weight excluding hydrogens is 383 g/mol. The molecule has 0 atom stereocenters. The first kappa shape index (κ1) is 19.0. The van der Waals surface area contributed by atoms with Gasteiger partial charge in [-0.25, -0.2) is 9.67 Å². The van der Waals surface area contributed by atoms with Gasteiger partial charge in [-0.05, 0) is 44.2 Å². The van der Waals surface area contributed by atoms with Crippen LogP contribution >= 0.6 is 0 Å². The Morgan fingerprint density at radius 2 is 1.86 bits per heavy atom. The first-order valence-corrected chi connectivity index (χ1v) is 8.96. The Morgan fingerprint density at radius 3 is 2.45 bits per heavy atom. The van der Waals surface area contributed by atoms with Crippen LogP contribution in [0, 0.1) is 6.92 Å². The number of alkyl halides is 3. The van der Waals surface area contributed by atoms with Crippen molar-refractivity contribution in [3.63, 3.8) is 0 Å². The molecule has 0 aliphatic heterocycles. The average Bonchev–Trinajstić information content (AvgIpc) is 3.31. The quantitative estimate of drug-likeness (QED) is 0.500. The van der Waals surface area contributed by atoms with Crippen LogP contribution < -0.4 is 4.74 Å². The Balaban J connectivity index is 1.99. The maximum atomic E-state index is 13.9. The molecule has 0 spiro atoms. The number of aryl methyl sites for hydroxylation is 2. The summed E-state index contributed by atoms with van der Waals surface area (Å²) in [5, 5.41) is 8.47. The standard InChI is InChI=1S/C20H18F3N5O/c1-4-27-11-13(10-24-27)17-9-16(20(21,22)23)18-12(2)26-28(19(18)25-17)14-5-7-15(29-3)8-6-14/h5-11H,4H2,1-3H3. The predicted octanol–water partition coefficient (Wildman–Crippen LogP) is 4.64. The summed E-state index contributed by atoms with van der Waals surface area (Å²) in [6.07, 6.45) is -1.36. The lowest BCUT2D eigenvalue weighted by Crippen LogP contribution is -2.08. The molecule has 0 radical (unpaired) electrons. The number of ether oxygens (including phenoxy) is 1. The summed E-state index contributed by atoms with van der Waals surface area (Å²) in [7, 11) is 1.54. The minimum absolute atomic E-state index is 0.0139. The topological polar surface area (TPSA) is 57.8 Å². The van der Waals surface area contributed by atoms with Gasteiger partial charge < -0.3 is 4.74 Å². The monoisotopic (exact) mass is 401 g/mol. The molecule has 150 valence electrons. The molecule has 9 heteroatoms. The number of benzene rings is 1. The van der Waals surface area contributed by atoms with E-state index in [9.17, 15) is 13.2 Å². The van der Waals surface area contributed by atoms with Crippen molar-refractivity contribution in [1.82, 2.24) is 24.5 Å². The summed E-state index contributed by atoms with van der Waals surface area (Å²) in [5.41, 5.74) is 0.927. The van der Waals surface area contributed by atoms with Crippen LogP contribution in [-0.2, 0) is 12.7 Å². The molecule has 4 rings (SSSR count). The van der Waals surface area contributed by atoms with E-state index in [4.69, 9.17) is 4.74 Å². The fourth-order valence-corrected chi connectivity index (χ4v) is 3.23. The van der Waals surface area contributed by atoms with Gasteiger partial charge in [0, 0.05) is 18.3 Å². The Kier molecular flexibility index (Phi) is 4.52. The Hall–Kier alpha value is -3.36. The summed E-state index contributed by atoms with van der Waals surface area (Å²) in [6.45, 7) is 4.06. The molecule has 0 unspecified atom stereocenters. The number of aromatic nitrogens is 5. The molecule has 0 saturated heterocycles. The number of nitrogens with zero attached hydrogens (tertiary/aromatic N) is 5. The van der Waals surface area contributed by atoms with Crippen molar-refractivity contribution >= 4 is 11.0 Å². The maximum absolute atomic E-state index is 13.9. The molecule has 0 bridgehead atoms. The fourth-order valence-electron chi connectivity index (χ4n) is 3.23.